The van der Waals surface area contributed by atoms with Crippen molar-refractivity contribution in [1.82, 2.24) is 0 Å². The molecule has 370 valence electrons. The third-order valence-corrected chi connectivity index (χ3v) is 13.9. The summed E-state index contributed by atoms with van der Waals surface area (Å²) in [6.07, 6.45) is 5.30. The standard InChI is InChI=1S/C18H24.C18H28.C18H24.C14H22/c1-17(2,3)15-9-7-14-12-16(18(4,5)6)10-8-13(14)11-15;2*1-17(2,3)15-11-12-16(18(4,5)6)14-10-8-7-9-13(14)15;1-13(2,3)11-7-9-12(10-8-11)14(4,5)6/h7-12H,1-6H3;11-12H,7-10H2,1-6H3;7-12H,1-6H3;7-10H,1-6H3. The van der Waals surface area contributed by atoms with Crippen LogP contribution in [0.5, 0.6) is 0 Å². The van der Waals surface area contributed by atoms with Gasteiger partial charge in [-0.2, -0.15) is 0 Å². The highest BCUT2D eigenvalue weighted by atomic mass is 14.3. The lowest BCUT2D eigenvalue weighted by molar-refractivity contribution is 0.544. The van der Waals surface area contributed by atoms with Crippen LogP contribution in [0.15, 0.2) is 109 Å². The lowest BCUT2D eigenvalue weighted by atomic mass is 9.72. The van der Waals surface area contributed by atoms with E-state index in [1.54, 1.807) is 22.3 Å². The minimum absolute atomic E-state index is 0.190. The van der Waals surface area contributed by atoms with Gasteiger partial charge in [0.15, 0.2) is 0 Å². The predicted octanol–water partition coefficient (Wildman–Crippen LogP) is 20.3. The van der Waals surface area contributed by atoms with Crippen LogP contribution in [0.4, 0.5) is 0 Å². The van der Waals surface area contributed by atoms with Crippen molar-refractivity contribution in [2.45, 2.75) is 235 Å². The van der Waals surface area contributed by atoms with Gasteiger partial charge in [0.25, 0.3) is 0 Å². The Hall–Kier alpha value is -4.16. The van der Waals surface area contributed by atoms with Crippen molar-refractivity contribution in [3.05, 3.63) is 165 Å². The second kappa shape index (κ2) is 20.7. The van der Waals surface area contributed by atoms with Crippen LogP contribution in [-0.2, 0) is 56.2 Å². The van der Waals surface area contributed by atoms with E-state index in [2.05, 4.69) is 275 Å². The largest absolute Gasteiger partial charge is 0.0616 e. The molecule has 0 nitrogen and oxygen atoms in total. The Labute approximate surface area is 419 Å². The third kappa shape index (κ3) is 14.9. The molecule has 0 aliphatic heterocycles. The highest BCUT2D eigenvalue weighted by Gasteiger charge is 2.28. The Balaban J connectivity index is 0.000000199. The van der Waals surface area contributed by atoms with Crippen LogP contribution in [-0.4, -0.2) is 0 Å². The third-order valence-electron chi connectivity index (χ3n) is 13.9. The molecule has 0 N–H and O–H groups in total. The first-order valence-electron chi connectivity index (χ1n) is 26.2. The lowest BCUT2D eigenvalue weighted by Crippen LogP contribution is -2.23. The molecule has 6 aromatic carbocycles. The molecule has 0 heteroatoms. The normalized spacial score (nSPS) is 13.9. The highest BCUT2D eigenvalue weighted by Crippen LogP contribution is 2.39. The van der Waals surface area contributed by atoms with Crippen LogP contribution in [0, 0.1) is 0 Å². The Morgan fingerprint density at radius 2 is 0.500 bits per heavy atom. The quantitative estimate of drug-likeness (QED) is 0.142. The van der Waals surface area contributed by atoms with Crippen molar-refractivity contribution in [2.24, 2.45) is 0 Å². The van der Waals surface area contributed by atoms with Gasteiger partial charge in [0.1, 0.15) is 0 Å². The summed E-state index contributed by atoms with van der Waals surface area (Å²) in [6.45, 7) is 54.8. The number of hydrogen-bond acceptors (Lipinski definition) is 0. The van der Waals surface area contributed by atoms with E-state index in [9.17, 15) is 0 Å². The molecule has 0 heterocycles. The van der Waals surface area contributed by atoms with E-state index in [1.165, 1.54) is 80.6 Å². The van der Waals surface area contributed by atoms with Crippen molar-refractivity contribution in [1.29, 1.82) is 0 Å². The van der Waals surface area contributed by atoms with E-state index < -0.39 is 0 Å². The van der Waals surface area contributed by atoms with Gasteiger partial charge in [-0.15, -0.1) is 0 Å². The van der Waals surface area contributed by atoms with Crippen LogP contribution < -0.4 is 0 Å². The van der Waals surface area contributed by atoms with Gasteiger partial charge in [0.05, 0.1) is 0 Å². The molecular formula is C68H98. The average molecular weight is 916 g/mol. The summed E-state index contributed by atoms with van der Waals surface area (Å²) in [7, 11) is 0. The molecule has 0 spiro atoms. The van der Waals surface area contributed by atoms with Gasteiger partial charge in [-0.05, 0) is 146 Å². The second-order valence-electron chi connectivity index (χ2n) is 28.4. The molecule has 1 aliphatic carbocycles. The van der Waals surface area contributed by atoms with Gasteiger partial charge in [-0.1, -0.05) is 275 Å². The van der Waals surface area contributed by atoms with Gasteiger partial charge >= 0.3 is 0 Å². The van der Waals surface area contributed by atoms with Crippen LogP contribution in [0.3, 0.4) is 0 Å². The summed E-state index contributed by atoms with van der Waals surface area (Å²) >= 11 is 0. The zero-order valence-corrected chi connectivity index (χ0v) is 48.2. The van der Waals surface area contributed by atoms with Gasteiger partial charge in [-0.3, -0.25) is 0 Å². The van der Waals surface area contributed by atoms with Gasteiger partial charge in [-0.25, -0.2) is 0 Å². The number of benzene rings is 6. The SMILES string of the molecule is CC(C)(C)c1ccc(C(C)(C)C)c2c1CCCC2.CC(C)(C)c1ccc(C(C)(C)C)c2ccccc12.CC(C)(C)c1ccc(C(C)(C)C)cc1.CC(C)(C)c1ccc2cc(C(C)(C)C)ccc2c1. The van der Waals surface area contributed by atoms with E-state index in [0.717, 1.165) is 0 Å². The molecule has 7 rings (SSSR count). The molecule has 0 aromatic heterocycles. The Kier molecular flexibility index (Phi) is 17.1. The topological polar surface area (TPSA) is 0 Å². The number of hydrogen-bond donors (Lipinski definition) is 0. The molecule has 0 saturated heterocycles. The monoisotopic (exact) mass is 915 g/mol. The molecule has 6 aromatic rings. The summed E-state index contributed by atoms with van der Waals surface area (Å²) in [5.41, 5.74) is 16.9. The molecule has 0 saturated carbocycles. The van der Waals surface area contributed by atoms with Crippen LogP contribution in [0.1, 0.15) is 235 Å². The summed E-state index contributed by atoms with van der Waals surface area (Å²) in [5, 5.41) is 5.49. The maximum atomic E-state index is 2.39. The van der Waals surface area contributed by atoms with Crippen LogP contribution in [0.25, 0.3) is 21.5 Å². The zero-order valence-electron chi connectivity index (χ0n) is 48.2. The van der Waals surface area contributed by atoms with E-state index in [1.807, 2.05) is 0 Å². The summed E-state index contributed by atoms with van der Waals surface area (Å²) < 4.78 is 0. The first kappa shape index (κ1) is 56.4. The zero-order chi connectivity index (χ0) is 51.6. The van der Waals surface area contributed by atoms with Crippen molar-refractivity contribution < 1.29 is 0 Å². The minimum atomic E-state index is 0.190. The first-order valence-corrected chi connectivity index (χ1v) is 26.2. The van der Waals surface area contributed by atoms with Crippen molar-refractivity contribution >= 4 is 21.5 Å². The molecule has 0 amide bonds. The Bertz CT molecular complexity index is 2400. The van der Waals surface area contributed by atoms with E-state index >= 15 is 0 Å². The fourth-order valence-electron chi connectivity index (χ4n) is 9.53. The molecule has 68 heavy (non-hydrogen) atoms. The predicted molar refractivity (Wildman–Crippen MR) is 307 cm³/mol. The van der Waals surface area contributed by atoms with E-state index in [4.69, 9.17) is 0 Å². The van der Waals surface area contributed by atoms with E-state index in [0.29, 0.717) is 0 Å². The summed E-state index contributed by atoms with van der Waals surface area (Å²) in [6, 6.07) is 40.9. The summed E-state index contributed by atoms with van der Waals surface area (Å²) in [4.78, 5) is 0. The maximum Gasteiger partial charge on any atom is -0.0126 e. The Morgan fingerprint density at radius 1 is 0.250 bits per heavy atom. The molecule has 0 fully saturated rings. The maximum absolute atomic E-state index is 2.39. The summed E-state index contributed by atoms with van der Waals surface area (Å²) in [5.74, 6) is 0. The smallest absolute Gasteiger partial charge is 0.0126 e. The van der Waals surface area contributed by atoms with Crippen molar-refractivity contribution in [3.8, 4) is 0 Å². The van der Waals surface area contributed by atoms with Crippen LogP contribution >= 0.6 is 0 Å². The van der Waals surface area contributed by atoms with Crippen molar-refractivity contribution in [3.63, 3.8) is 0 Å². The number of fused-ring (bicyclic) bond motifs is 3. The molecule has 0 bridgehead atoms. The minimum Gasteiger partial charge on any atom is -0.0616 e. The van der Waals surface area contributed by atoms with E-state index in [-0.39, 0.29) is 43.3 Å². The fraction of sp³-hybridized carbons (Fsp3) is 0.529. The van der Waals surface area contributed by atoms with Gasteiger partial charge in [0.2, 0.25) is 0 Å². The lowest BCUT2D eigenvalue weighted by Gasteiger charge is -2.33. The molecular weight excluding hydrogens is 817 g/mol. The molecule has 0 unspecified atom stereocenters. The molecule has 1 aliphatic rings. The van der Waals surface area contributed by atoms with Gasteiger partial charge < -0.3 is 0 Å². The second-order valence-corrected chi connectivity index (χ2v) is 28.4. The fourth-order valence-corrected chi connectivity index (χ4v) is 9.53. The highest BCUT2D eigenvalue weighted by molar-refractivity contribution is 5.90. The number of rotatable bonds is 0. The molecule has 0 atom stereocenters. The average Bonchev–Trinajstić information content (AvgIpc) is 3.20. The van der Waals surface area contributed by atoms with Crippen LogP contribution in [0.2, 0.25) is 0 Å². The van der Waals surface area contributed by atoms with Gasteiger partial charge in [0, 0.05) is 0 Å². The Morgan fingerprint density at radius 3 is 0.750 bits per heavy atom. The van der Waals surface area contributed by atoms with Crippen molar-refractivity contribution in [2.75, 3.05) is 0 Å². The first-order chi connectivity index (χ1) is 30.8. The molecule has 0 radical (unpaired) electrons.